The number of amides is 1. The van der Waals surface area contributed by atoms with Crippen molar-refractivity contribution in [2.45, 2.75) is 57.9 Å². The van der Waals surface area contributed by atoms with Crippen molar-refractivity contribution >= 4 is 24.2 Å². The van der Waals surface area contributed by atoms with Gasteiger partial charge in [0.05, 0.1) is 11.2 Å². The molecule has 3 aliphatic rings. The minimum atomic E-state index is -4.45. The van der Waals surface area contributed by atoms with E-state index in [0.29, 0.717) is 26.2 Å². The van der Waals surface area contributed by atoms with Crippen LogP contribution in [0.25, 0.3) is 0 Å². The van der Waals surface area contributed by atoms with E-state index >= 15 is 0 Å². The van der Waals surface area contributed by atoms with Gasteiger partial charge in [-0.2, -0.15) is 13.2 Å². The normalized spacial score (nSPS) is 24.8. The molecule has 0 unspecified atom stereocenters. The van der Waals surface area contributed by atoms with Gasteiger partial charge in [-0.1, -0.05) is 12.1 Å². The van der Waals surface area contributed by atoms with Crippen LogP contribution < -0.4 is 10.4 Å². The van der Waals surface area contributed by atoms with E-state index in [1.165, 1.54) is 4.90 Å². The van der Waals surface area contributed by atoms with E-state index < -0.39 is 35.8 Å². The Hall–Kier alpha value is -1.74. The molecule has 5 nitrogen and oxygen atoms in total. The predicted molar refractivity (Wildman–Crippen MR) is 109 cm³/mol. The fraction of sp³-hybridized carbons (Fsp3) is 0.667. The summed E-state index contributed by atoms with van der Waals surface area (Å²) in [5, 5.41) is 0. The Morgan fingerprint density at radius 3 is 1.87 bits per heavy atom. The molecule has 1 aromatic carbocycles. The van der Waals surface area contributed by atoms with Crippen LogP contribution in [0.4, 0.5) is 18.9 Å². The number of carbonyl (C=O) groups is 1. The summed E-state index contributed by atoms with van der Waals surface area (Å²) >= 11 is 0. The fourth-order valence-electron chi connectivity index (χ4n) is 4.04. The first-order valence-corrected chi connectivity index (χ1v) is 10.4. The van der Waals surface area contributed by atoms with Gasteiger partial charge in [-0.3, -0.25) is 4.79 Å². The molecule has 1 aromatic rings. The predicted octanol–water partition coefficient (Wildman–Crippen LogP) is 2.98. The van der Waals surface area contributed by atoms with E-state index in [9.17, 15) is 18.0 Å². The number of alkyl halides is 3. The van der Waals surface area contributed by atoms with Gasteiger partial charge in [-0.05, 0) is 58.1 Å². The van der Waals surface area contributed by atoms with Crippen LogP contribution in [0.15, 0.2) is 24.3 Å². The van der Waals surface area contributed by atoms with Gasteiger partial charge in [0, 0.05) is 31.9 Å². The Labute approximate surface area is 175 Å². The first-order valence-electron chi connectivity index (χ1n) is 10.4. The molecular formula is C21H28BF3N2O3. The molecule has 1 amide bonds. The van der Waals surface area contributed by atoms with Crippen molar-refractivity contribution in [1.82, 2.24) is 4.90 Å². The first kappa shape index (κ1) is 21.5. The van der Waals surface area contributed by atoms with Crippen LogP contribution in [-0.2, 0) is 14.1 Å². The van der Waals surface area contributed by atoms with Crippen molar-refractivity contribution in [1.29, 1.82) is 0 Å². The SMILES string of the molecule is CC1(C)OB(c2ccc(N3CCN(C(=O)C4(C(F)(F)F)CC4)CC3)cc2)OC1(C)C. The maximum atomic E-state index is 13.2. The van der Waals surface area contributed by atoms with Gasteiger partial charge in [0.2, 0.25) is 5.91 Å². The van der Waals surface area contributed by atoms with E-state index in [1.807, 2.05) is 52.0 Å². The fourth-order valence-corrected chi connectivity index (χ4v) is 4.04. The number of nitrogens with zero attached hydrogens (tertiary/aromatic N) is 2. The largest absolute Gasteiger partial charge is 0.494 e. The summed E-state index contributed by atoms with van der Waals surface area (Å²) in [6.45, 7) is 9.65. The zero-order valence-electron chi connectivity index (χ0n) is 17.9. The van der Waals surface area contributed by atoms with Crippen LogP contribution in [0.3, 0.4) is 0 Å². The number of hydrogen-bond acceptors (Lipinski definition) is 4. The number of piperazine rings is 1. The highest BCUT2D eigenvalue weighted by molar-refractivity contribution is 6.62. The van der Waals surface area contributed by atoms with Gasteiger partial charge >= 0.3 is 13.3 Å². The second kappa shape index (κ2) is 6.89. The third-order valence-electron chi connectivity index (χ3n) is 7.05. The lowest BCUT2D eigenvalue weighted by molar-refractivity contribution is -0.198. The van der Waals surface area contributed by atoms with Crippen molar-refractivity contribution in [2.24, 2.45) is 5.41 Å². The van der Waals surface area contributed by atoms with Crippen LogP contribution in [0.5, 0.6) is 0 Å². The van der Waals surface area contributed by atoms with Crippen LogP contribution in [0.1, 0.15) is 40.5 Å². The van der Waals surface area contributed by atoms with Gasteiger partial charge in [-0.15, -0.1) is 0 Å². The molecule has 2 heterocycles. The number of benzene rings is 1. The Morgan fingerprint density at radius 2 is 1.43 bits per heavy atom. The minimum Gasteiger partial charge on any atom is -0.399 e. The summed E-state index contributed by atoms with van der Waals surface area (Å²) in [5.74, 6) is -0.759. The first-order chi connectivity index (χ1) is 13.9. The smallest absolute Gasteiger partial charge is 0.399 e. The van der Waals surface area contributed by atoms with E-state index in [0.717, 1.165) is 11.2 Å². The summed E-state index contributed by atoms with van der Waals surface area (Å²) in [5.41, 5.74) is -1.05. The standard InChI is InChI=1S/C21H28BF3N2O3/c1-18(2)19(3,4)30-22(29-18)15-5-7-16(8-6-15)26-11-13-27(14-12-26)17(28)20(9-10-20)21(23,24)25/h5-8H,9-14H2,1-4H3. The van der Waals surface area contributed by atoms with Gasteiger partial charge in [-0.25, -0.2) is 0 Å². The lowest BCUT2D eigenvalue weighted by Crippen LogP contribution is -2.53. The number of carbonyl (C=O) groups excluding carboxylic acids is 1. The molecule has 0 radical (unpaired) electrons. The molecule has 2 saturated heterocycles. The van der Waals surface area contributed by atoms with Crippen LogP contribution >= 0.6 is 0 Å². The van der Waals surface area contributed by atoms with Gasteiger partial charge in [0.25, 0.3) is 0 Å². The highest BCUT2D eigenvalue weighted by Gasteiger charge is 2.69. The second-order valence-corrected chi connectivity index (χ2v) is 9.54. The maximum absolute atomic E-state index is 13.2. The highest BCUT2D eigenvalue weighted by Crippen LogP contribution is 2.58. The average molecular weight is 424 g/mol. The third-order valence-corrected chi connectivity index (χ3v) is 7.05. The van der Waals surface area contributed by atoms with Crippen molar-refractivity contribution in [3.63, 3.8) is 0 Å². The molecule has 1 saturated carbocycles. The molecule has 0 N–H and O–H groups in total. The number of rotatable bonds is 3. The molecule has 0 atom stereocenters. The molecule has 3 fully saturated rings. The molecule has 0 bridgehead atoms. The quantitative estimate of drug-likeness (QED) is 0.700. The lowest BCUT2D eigenvalue weighted by Gasteiger charge is -2.38. The zero-order chi connectivity index (χ0) is 21.9. The summed E-state index contributed by atoms with van der Waals surface area (Å²) < 4.78 is 51.8. The number of anilines is 1. The minimum absolute atomic E-state index is 0.0874. The van der Waals surface area contributed by atoms with Crippen LogP contribution in [-0.4, -0.2) is 61.5 Å². The Morgan fingerprint density at radius 1 is 0.933 bits per heavy atom. The van der Waals surface area contributed by atoms with E-state index in [1.54, 1.807) is 0 Å². The molecule has 4 rings (SSSR count). The number of halogens is 3. The zero-order valence-corrected chi connectivity index (χ0v) is 17.9. The van der Waals surface area contributed by atoms with Crippen molar-refractivity contribution in [2.75, 3.05) is 31.1 Å². The molecule has 9 heteroatoms. The lowest BCUT2D eigenvalue weighted by atomic mass is 9.79. The molecular weight excluding hydrogens is 396 g/mol. The Kier molecular flexibility index (Phi) is 4.93. The summed E-state index contributed by atoms with van der Waals surface area (Å²) in [6.07, 6.45) is -4.63. The van der Waals surface area contributed by atoms with E-state index in [-0.39, 0.29) is 12.8 Å². The van der Waals surface area contributed by atoms with Crippen molar-refractivity contribution in [3.05, 3.63) is 24.3 Å². The van der Waals surface area contributed by atoms with Gasteiger partial charge in [0.1, 0.15) is 5.41 Å². The number of hydrogen-bond donors (Lipinski definition) is 0. The van der Waals surface area contributed by atoms with Gasteiger partial charge < -0.3 is 19.1 Å². The van der Waals surface area contributed by atoms with Crippen LogP contribution in [0.2, 0.25) is 0 Å². The Bertz CT molecular complexity index is 798. The molecule has 30 heavy (non-hydrogen) atoms. The van der Waals surface area contributed by atoms with E-state index in [4.69, 9.17) is 9.31 Å². The highest BCUT2D eigenvalue weighted by atomic mass is 19.4. The third kappa shape index (κ3) is 3.49. The molecule has 164 valence electrons. The van der Waals surface area contributed by atoms with Crippen LogP contribution in [0, 0.1) is 5.41 Å². The maximum Gasteiger partial charge on any atom is 0.494 e. The molecule has 0 spiro atoms. The second-order valence-electron chi connectivity index (χ2n) is 9.54. The topological polar surface area (TPSA) is 42.0 Å². The van der Waals surface area contributed by atoms with Gasteiger partial charge in [0.15, 0.2) is 0 Å². The Balaban J connectivity index is 1.36. The molecule has 1 aliphatic carbocycles. The van der Waals surface area contributed by atoms with Crippen molar-refractivity contribution < 1.29 is 27.3 Å². The summed E-state index contributed by atoms with van der Waals surface area (Å²) in [6, 6.07) is 7.85. The molecule has 0 aromatic heterocycles. The van der Waals surface area contributed by atoms with Crippen molar-refractivity contribution in [3.8, 4) is 0 Å². The molecule has 2 aliphatic heterocycles. The summed E-state index contributed by atoms with van der Waals surface area (Å²) in [7, 11) is -0.435. The monoisotopic (exact) mass is 424 g/mol. The summed E-state index contributed by atoms with van der Waals surface area (Å²) in [4.78, 5) is 15.9. The average Bonchev–Trinajstić information content (AvgIpc) is 3.45. The van der Waals surface area contributed by atoms with E-state index in [2.05, 4.69) is 4.90 Å².